The van der Waals surface area contributed by atoms with Gasteiger partial charge in [0.15, 0.2) is 0 Å². The lowest BCUT2D eigenvalue weighted by Crippen LogP contribution is -2.11. The summed E-state index contributed by atoms with van der Waals surface area (Å²) in [4.78, 5) is 0. The number of benzene rings is 1. The smallest absolute Gasteiger partial charge is 0.140 e. The van der Waals surface area contributed by atoms with Gasteiger partial charge in [0.05, 0.1) is 11.3 Å². The zero-order valence-electron chi connectivity index (χ0n) is 11.6. The van der Waals surface area contributed by atoms with Gasteiger partial charge in [0.25, 0.3) is 0 Å². The first-order chi connectivity index (χ1) is 9.13. The van der Waals surface area contributed by atoms with Crippen molar-refractivity contribution >= 4 is 0 Å². The Hall–Kier alpha value is -1.81. The number of aryl methyl sites for hydroxylation is 2. The lowest BCUT2D eigenvalue weighted by atomic mass is 10.0. The van der Waals surface area contributed by atoms with Crippen molar-refractivity contribution in [3.63, 3.8) is 0 Å². The topological polar surface area (TPSA) is 61.3 Å². The molecule has 102 valence electrons. The van der Waals surface area contributed by atoms with E-state index in [1.165, 1.54) is 0 Å². The second-order valence-corrected chi connectivity index (χ2v) is 4.64. The predicted octanol–water partition coefficient (Wildman–Crippen LogP) is 3.28. The molecule has 0 fully saturated rings. The molecule has 0 aliphatic heterocycles. The van der Waals surface area contributed by atoms with E-state index < -0.39 is 0 Å². The van der Waals surface area contributed by atoms with Gasteiger partial charge in [-0.15, -0.1) is 0 Å². The number of aromatic nitrogens is 1. The Kier molecular flexibility index (Phi) is 4.22. The fourth-order valence-corrected chi connectivity index (χ4v) is 2.00. The van der Waals surface area contributed by atoms with E-state index in [9.17, 15) is 0 Å². The van der Waals surface area contributed by atoms with Crippen LogP contribution >= 0.6 is 0 Å². The summed E-state index contributed by atoms with van der Waals surface area (Å²) in [6.07, 6.45) is 0.881. The lowest BCUT2D eigenvalue weighted by molar-refractivity contribution is 0.296. The molecule has 2 rings (SSSR count). The molecular weight excluding hydrogens is 240 g/mol. The second-order valence-electron chi connectivity index (χ2n) is 4.64. The molecule has 1 unspecified atom stereocenters. The Bertz CT molecular complexity index is 529. The van der Waals surface area contributed by atoms with Crippen LogP contribution in [0.4, 0.5) is 0 Å². The van der Waals surface area contributed by atoms with E-state index in [0.29, 0.717) is 6.61 Å². The van der Waals surface area contributed by atoms with Crippen molar-refractivity contribution in [2.45, 2.75) is 39.8 Å². The van der Waals surface area contributed by atoms with Crippen LogP contribution in [-0.2, 0) is 6.61 Å². The minimum absolute atomic E-state index is 0.000804. The highest BCUT2D eigenvalue weighted by Gasteiger charge is 2.13. The van der Waals surface area contributed by atoms with E-state index in [2.05, 4.69) is 12.1 Å². The molecule has 2 aromatic rings. The molecule has 19 heavy (non-hydrogen) atoms. The summed E-state index contributed by atoms with van der Waals surface area (Å²) in [6.45, 7) is 6.33. The van der Waals surface area contributed by atoms with Gasteiger partial charge in [-0.1, -0.05) is 30.3 Å². The van der Waals surface area contributed by atoms with E-state index in [0.717, 1.165) is 34.8 Å². The van der Waals surface area contributed by atoms with E-state index in [1.807, 2.05) is 38.1 Å². The zero-order chi connectivity index (χ0) is 13.8. The first-order valence-electron chi connectivity index (χ1n) is 6.52. The number of nitrogens with zero attached hydrogens (tertiary/aromatic N) is 1. The standard InChI is InChI=1S/C15H20N2O2/c1-4-14(16)12-7-5-6-8-15(12)18-9-13-10(2)17-19-11(13)3/h5-8,14H,4,9,16H2,1-3H3. The molecule has 4 heteroatoms. The monoisotopic (exact) mass is 260 g/mol. The molecule has 0 aliphatic rings. The van der Waals surface area contributed by atoms with Crippen molar-refractivity contribution in [1.82, 2.24) is 5.16 Å². The number of hydrogen-bond donors (Lipinski definition) is 1. The first kappa shape index (κ1) is 13.6. The highest BCUT2D eigenvalue weighted by Crippen LogP contribution is 2.26. The summed E-state index contributed by atoms with van der Waals surface area (Å²) in [5.74, 6) is 1.63. The first-order valence-corrected chi connectivity index (χ1v) is 6.52. The van der Waals surface area contributed by atoms with Gasteiger partial charge in [0, 0.05) is 11.6 Å². The average Bonchev–Trinajstić information content (AvgIpc) is 2.75. The summed E-state index contributed by atoms with van der Waals surface area (Å²) < 4.78 is 11.0. The van der Waals surface area contributed by atoms with Gasteiger partial charge in [-0.2, -0.15) is 0 Å². The van der Waals surface area contributed by atoms with Gasteiger partial charge in [0.1, 0.15) is 18.1 Å². The Morgan fingerprint density at radius 2 is 2.05 bits per heavy atom. The third-order valence-electron chi connectivity index (χ3n) is 3.31. The number of para-hydroxylation sites is 1. The van der Waals surface area contributed by atoms with Crippen LogP contribution in [0.15, 0.2) is 28.8 Å². The fourth-order valence-electron chi connectivity index (χ4n) is 2.00. The second kappa shape index (κ2) is 5.89. The molecule has 0 bridgehead atoms. The molecule has 0 saturated carbocycles. The minimum Gasteiger partial charge on any atom is -0.488 e. The summed E-state index contributed by atoms with van der Waals surface area (Å²) in [6, 6.07) is 7.89. The molecule has 1 heterocycles. The highest BCUT2D eigenvalue weighted by atomic mass is 16.5. The molecule has 2 N–H and O–H groups in total. The van der Waals surface area contributed by atoms with Gasteiger partial charge < -0.3 is 15.0 Å². The quantitative estimate of drug-likeness (QED) is 0.896. The lowest BCUT2D eigenvalue weighted by Gasteiger charge is -2.15. The number of rotatable bonds is 5. The third-order valence-corrected chi connectivity index (χ3v) is 3.31. The minimum atomic E-state index is 0.000804. The summed E-state index contributed by atoms with van der Waals surface area (Å²) in [5.41, 5.74) is 9.00. The maximum Gasteiger partial charge on any atom is 0.140 e. The van der Waals surface area contributed by atoms with Crippen LogP contribution in [0, 0.1) is 13.8 Å². The molecule has 4 nitrogen and oxygen atoms in total. The van der Waals surface area contributed by atoms with Gasteiger partial charge in [-0.3, -0.25) is 0 Å². The number of nitrogens with two attached hydrogens (primary N) is 1. The van der Waals surface area contributed by atoms with Gasteiger partial charge >= 0.3 is 0 Å². The molecule has 1 aromatic carbocycles. The number of ether oxygens (including phenoxy) is 1. The molecule has 1 atom stereocenters. The fraction of sp³-hybridized carbons (Fsp3) is 0.400. The van der Waals surface area contributed by atoms with Gasteiger partial charge in [-0.05, 0) is 26.3 Å². The van der Waals surface area contributed by atoms with E-state index in [-0.39, 0.29) is 6.04 Å². The van der Waals surface area contributed by atoms with Crippen molar-refractivity contribution in [1.29, 1.82) is 0 Å². The third kappa shape index (κ3) is 2.96. The summed E-state index contributed by atoms with van der Waals surface area (Å²) in [7, 11) is 0. The van der Waals surface area contributed by atoms with Crippen molar-refractivity contribution < 1.29 is 9.26 Å². The van der Waals surface area contributed by atoms with Crippen LogP contribution < -0.4 is 10.5 Å². The van der Waals surface area contributed by atoms with E-state index >= 15 is 0 Å². The highest BCUT2D eigenvalue weighted by molar-refractivity contribution is 5.36. The van der Waals surface area contributed by atoms with Crippen molar-refractivity contribution in [2.24, 2.45) is 5.73 Å². The van der Waals surface area contributed by atoms with Crippen LogP contribution in [0.25, 0.3) is 0 Å². The Morgan fingerprint density at radius 3 is 2.68 bits per heavy atom. The van der Waals surface area contributed by atoms with Crippen LogP contribution in [-0.4, -0.2) is 5.16 Å². The predicted molar refractivity (Wildman–Crippen MR) is 74.0 cm³/mol. The molecule has 0 amide bonds. The molecule has 0 saturated heterocycles. The van der Waals surface area contributed by atoms with E-state index in [4.69, 9.17) is 15.0 Å². The maximum absolute atomic E-state index is 6.09. The van der Waals surface area contributed by atoms with Gasteiger partial charge in [-0.25, -0.2) is 0 Å². The maximum atomic E-state index is 6.09. The molecule has 0 spiro atoms. The zero-order valence-corrected chi connectivity index (χ0v) is 11.6. The molecular formula is C15H20N2O2. The summed E-state index contributed by atoms with van der Waals surface area (Å²) in [5, 5.41) is 3.92. The van der Waals surface area contributed by atoms with Crippen LogP contribution in [0.2, 0.25) is 0 Å². The van der Waals surface area contributed by atoms with Gasteiger partial charge in [0.2, 0.25) is 0 Å². The van der Waals surface area contributed by atoms with Crippen LogP contribution in [0.1, 0.15) is 42.0 Å². The SMILES string of the molecule is CCC(N)c1ccccc1OCc1c(C)noc1C. The molecule has 0 aliphatic carbocycles. The van der Waals surface area contributed by atoms with E-state index in [1.54, 1.807) is 0 Å². The Labute approximate surface area is 113 Å². The Balaban J connectivity index is 2.16. The summed E-state index contributed by atoms with van der Waals surface area (Å²) >= 11 is 0. The average molecular weight is 260 g/mol. The normalized spacial score (nSPS) is 12.4. The Morgan fingerprint density at radius 1 is 1.32 bits per heavy atom. The van der Waals surface area contributed by atoms with Crippen LogP contribution in [0.5, 0.6) is 5.75 Å². The molecule has 1 aromatic heterocycles. The van der Waals surface area contributed by atoms with Crippen molar-refractivity contribution in [3.8, 4) is 5.75 Å². The van der Waals surface area contributed by atoms with Crippen molar-refractivity contribution in [3.05, 3.63) is 46.8 Å². The largest absolute Gasteiger partial charge is 0.488 e. The number of hydrogen-bond acceptors (Lipinski definition) is 4. The van der Waals surface area contributed by atoms with Crippen LogP contribution in [0.3, 0.4) is 0 Å². The molecule has 0 radical (unpaired) electrons. The van der Waals surface area contributed by atoms with Crippen molar-refractivity contribution in [2.75, 3.05) is 0 Å².